The van der Waals surface area contributed by atoms with Crippen molar-refractivity contribution >= 4 is 69.0 Å². The molecule has 0 aliphatic carbocycles. The number of aromatic amines is 1. The normalized spacial score (nSPS) is 11.9. The second-order valence-corrected chi connectivity index (χ2v) is 9.90. The number of aryl methyl sites for hydroxylation is 1. The van der Waals surface area contributed by atoms with Gasteiger partial charge in [-0.05, 0) is 49.4 Å². The van der Waals surface area contributed by atoms with Crippen LogP contribution in [0.2, 0.25) is 15.1 Å². The summed E-state index contributed by atoms with van der Waals surface area (Å²) in [6, 6.07) is 18.8. The number of hydrogen-bond acceptors (Lipinski definition) is 5. The minimum atomic E-state index is -1.92. The number of nitrogens with zero attached hydrogens (tertiary/aromatic N) is 3. The van der Waals surface area contributed by atoms with Crippen LogP contribution in [0.1, 0.15) is 16.1 Å². The van der Waals surface area contributed by atoms with Crippen molar-refractivity contribution in [1.82, 2.24) is 19.8 Å². The molecule has 188 valence electrons. The van der Waals surface area contributed by atoms with Crippen LogP contribution in [-0.2, 0) is 11.3 Å². The molecule has 0 saturated carbocycles. The van der Waals surface area contributed by atoms with Gasteiger partial charge in [-0.3, -0.25) is 14.6 Å². The van der Waals surface area contributed by atoms with Crippen LogP contribution in [0.5, 0.6) is 5.75 Å². The Kier molecular flexibility index (Phi) is 7.07. The van der Waals surface area contributed by atoms with E-state index in [1.807, 2.05) is 19.1 Å². The molecule has 0 radical (unpaired) electrons. The Morgan fingerprint density at radius 2 is 1.73 bits per heavy atom. The number of fused-ring (bicyclic) bond motifs is 1. The number of nitrogens with one attached hydrogen (secondary N) is 3. The molecule has 0 saturated heterocycles. The second kappa shape index (κ2) is 10.4. The number of aromatic nitrogens is 4. The first-order valence-corrected chi connectivity index (χ1v) is 12.9. The van der Waals surface area contributed by atoms with Crippen LogP contribution >= 0.6 is 34.8 Å². The summed E-state index contributed by atoms with van der Waals surface area (Å²) >= 11 is 16.9. The quantitative estimate of drug-likeness (QED) is 0.210. The lowest BCUT2D eigenvalue weighted by atomic mass is 10.2. The number of amides is 1. The largest absolute Gasteiger partial charge is 0.385 e. The average molecular weight is 576 g/mol. The van der Waals surface area contributed by atoms with Crippen molar-refractivity contribution in [2.45, 2.75) is 6.92 Å². The predicted molar refractivity (Wildman–Crippen MR) is 146 cm³/mol. The molecule has 1 unspecified atom stereocenters. The Balaban J connectivity index is 1.38. The molecule has 37 heavy (non-hydrogen) atoms. The van der Waals surface area contributed by atoms with Gasteiger partial charge in [-0.1, -0.05) is 64.6 Å². The van der Waals surface area contributed by atoms with Crippen molar-refractivity contribution in [3.8, 4) is 17.1 Å². The summed E-state index contributed by atoms with van der Waals surface area (Å²) in [6.45, 7) is 1.94. The van der Waals surface area contributed by atoms with Crippen molar-refractivity contribution in [1.29, 1.82) is 0 Å². The van der Waals surface area contributed by atoms with Crippen LogP contribution in [-0.4, -0.2) is 29.9 Å². The zero-order valence-electron chi connectivity index (χ0n) is 19.0. The van der Waals surface area contributed by atoms with E-state index in [0.717, 1.165) is 5.56 Å². The number of carbonyl (C=O) groups is 1. The molecule has 2 aromatic heterocycles. The fraction of sp³-hybridized carbons (Fsp3) is 0.0417. The van der Waals surface area contributed by atoms with E-state index in [1.54, 1.807) is 54.6 Å². The van der Waals surface area contributed by atoms with Gasteiger partial charge >= 0.3 is 11.3 Å². The Morgan fingerprint density at radius 3 is 2.46 bits per heavy atom. The van der Waals surface area contributed by atoms with Gasteiger partial charge in [0.25, 0.3) is 5.91 Å². The summed E-state index contributed by atoms with van der Waals surface area (Å²) in [6.07, 6.45) is 0. The first kappa shape index (κ1) is 25.1. The minimum absolute atomic E-state index is 0.0460. The number of H-pyrrole nitrogens is 1. The van der Waals surface area contributed by atoms with Crippen LogP contribution in [0.4, 0.5) is 11.4 Å². The Bertz CT molecular complexity index is 1650. The maximum atomic E-state index is 13.2. The molecule has 2 heterocycles. The fourth-order valence-electron chi connectivity index (χ4n) is 3.46. The Morgan fingerprint density at radius 1 is 1.00 bits per heavy atom. The molecule has 1 atom stereocenters. The summed E-state index contributed by atoms with van der Waals surface area (Å²) < 4.78 is 22.2. The van der Waals surface area contributed by atoms with E-state index in [2.05, 4.69) is 25.3 Å². The van der Waals surface area contributed by atoms with Gasteiger partial charge in [0, 0.05) is 10.6 Å². The second-order valence-electron chi connectivity index (χ2n) is 7.84. The summed E-state index contributed by atoms with van der Waals surface area (Å²) in [5.74, 6) is 0.233. The zero-order valence-corrected chi connectivity index (χ0v) is 22.0. The summed E-state index contributed by atoms with van der Waals surface area (Å²) in [5, 5.41) is 14.8. The fourth-order valence-corrected chi connectivity index (χ4v) is 4.89. The number of hydrogen-bond donors (Lipinski definition) is 3. The lowest BCUT2D eigenvalue weighted by molar-refractivity contribution is 0.102. The first-order valence-electron chi connectivity index (χ1n) is 10.7. The van der Waals surface area contributed by atoms with Gasteiger partial charge in [-0.2, -0.15) is 4.21 Å². The lowest BCUT2D eigenvalue weighted by Gasteiger charge is -2.12. The highest BCUT2D eigenvalue weighted by Gasteiger charge is 2.23. The van der Waals surface area contributed by atoms with E-state index in [1.165, 1.54) is 4.52 Å². The van der Waals surface area contributed by atoms with E-state index in [0.29, 0.717) is 38.6 Å². The van der Waals surface area contributed by atoms with Crippen LogP contribution in [0, 0.1) is 6.92 Å². The van der Waals surface area contributed by atoms with E-state index < -0.39 is 17.2 Å². The van der Waals surface area contributed by atoms with Crippen LogP contribution in [0.15, 0.2) is 66.7 Å². The third-order valence-corrected chi connectivity index (χ3v) is 6.90. The number of rotatable bonds is 7. The molecule has 3 aromatic carbocycles. The maximum absolute atomic E-state index is 13.2. The topological polar surface area (TPSA) is 113 Å². The Hall–Kier alpha value is -3.57. The molecule has 9 nitrogen and oxygen atoms in total. The molecule has 5 rings (SSSR count). The third kappa shape index (κ3) is 5.28. The molecular weight excluding hydrogens is 559 g/mol. The van der Waals surface area contributed by atoms with Gasteiger partial charge in [0.1, 0.15) is 16.5 Å². The highest BCUT2D eigenvalue weighted by Crippen LogP contribution is 2.32. The maximum Gasteiger partial charge on any atom is 0.316 e. The van der Waals surface area contributed by atoms with Gasteiger partial charge in [-0.15, -0.1) is 10.2 Å². The van der Waals surface area contributed by atoms with Gasteiger partial charge in [0.2, 0.25) is 0 Å². The van der Waals surface area contributed by atoms with E-state index in [4.69, 9.17) is 39.0 Å². The molecule has 0 fully saturated rings. The van der Waals surface area contributed by atoms with Crippen molar-refractivity contribution in [3.05, 3.63) is 93.1 Å². The highest BCUT2D eigenvalue weighted by atomic mass is 35.5. The molecular formula is C24H17Cl3N6O3S. The average Bonchev–Trinajstić information content (AvgIpc) is 3.42. The van der Waals surface area contributed by atoms with Crippen LogP contribution in [0.25, 0.3) is 17.0 Å². The van der Waals surface area contributed by atoms with Gasteiger partial charge in [-0.25, -0.2) is 4.52 Å². The number of para-hydroxylation sites is 2. The van der Waals surface area contributed by atoms with Crippen LogP contribution in [0.3, 0.4) is 0 Å². The lowest BCUT2D eigenvalue weighted by Crippen LogP contribution is -2.17. The summed E-state index contributed by atoms with van der Waals surface area (Å²) in [4.78, 5) is 13.2. The predicted octanol–water partition coefficient (Wildman–Crippen LogP) is 6.31. The SMILES string of the molecule is Cc1ccc(OS(=O)Nc2ccccc2NC(=O)c2[nH]n3c(-c4ccc(Cl)cc4Cl)nnc3c2Cl)cc1. The molecule has 0 spiro atoms. The molecule has 1 amide bonds. The van der Waals surface area contributed by atoms with E-state index in [-0.39, 0.29) is 16.4 Å². The molecule has 13 heteroatoms. The smallest absolute Gasteiger partial charge is 0.316 e. The number of halogens is 3. The number of benzene rings is 3. The third-order valence-electron chi connectivity index (χ3n) is 5.26. The Labute approximate surface area is 228 Å². The number of anilines is 2. The monoisotopic (exact) mass is 574 g/mol. The first-order chi connectivity index (χ1) is 17.8. The standard InChI is InChI=1S/C24H17Cl3N6O3S/c1-13-6-9-15(10-7-13)36-37(35)32-19-5-3-2-4-18(19)28-24(34)21-20(27)23-30-29-22(33(23)31-21)16-11-8-14(25)12-17(16)26/h2-12,31-32H,1H3,(H,28,34). The van der Waals surface area contributed by atoms with E-state index in [9.17, 15) is 9.00 Å². The van der Waals surface area contributed by atoms with Crippen molar-refractivity contribution in [2.24, 2.45) is 0 Å². The van der Waals surface area contributed by atoms with Gasteiger partial charge < -0.3 is 9.50 Å². The van der Waals surface area contributed by atoms with Gasteiger partial charge in [0.05, 0.1) is 16.4 Å². The van der Waals surface area contributed by atoms with Crippen LogP contribution < -0.4 is 14.2 Å². The minimum Gasteiger partial charge on any atom is -0.385 e. The summed E-state index contributed by atoms with van der Waals surface area (Å²) in [5.41, 5.74) is 2.62. The highest BCUT2D eigenvalue weighted by molar-refractivity contribution is 7.82. The van der Waals surface area contributed by atoms with Crippen molar-refractivity contribution in [3.63, 3.8) is 0 Å². The molecule has 5 aromatic rings. The molecule has 0 aliphatic heterocycles. The zero-order chi connectivity index (χ0) is 26.1. The molecule has 0 aliphatic rings. The molecule has 0 bridgehead atoms. The molecule has 3 N–H and O–H groups in total. The van der Waals surface area contributed by atoms with Crippen molar-refractivity contribution < 1.29 is 13.2 Å². The van der Waals surface area contributed by atoms with Crippen molar-refractivity contribution in [2.75, 3.05) is 10.0 Å². The van der Waals surface area contributed by atoms with E-state index >= 15 is 0 Å². The van der Waals surface area contributed by atoms with Gasteiger partial charge in [0.15, 0.2) is 11.5 Å². The number of carbonyl (C=O) groups excluding carboxylic acids is 1. The summed E-state index contributed by atoms with van der Waals surface area (Å²) in [7, 11) is 0.